The van der Waals surface area contributed by atoms with Crippen molar-refractivity contribution < 1.29 is 4.79 Å². The molecular formula is C27H32Cl2N4O. The number of aromatic nitrogens is 2. The van der Waals surface area contributed by atoms with Gasteiger partial charge < -0.3 is 10.6 Å². The van der Waals surface area contributed by atoms with E-state index < -0.39 is 0 Å². The normalized spacial score (nSPS) is 17.2. The minimum absolute atomic E-state index is 0.0417. The summed E-state index contributed by atoms with van der Waals surface area (Å²) in [6.07, 6.45) is 14.7. The Kier molecular flexibility index (Phi) is 8.63. The average molecular weight is 499 g/mol. The van der Waals surface area contributed by atoms with E-state index in [1.807, 2.05) is 24.3 Å². The fourth-order valence-corrected chi connectivity index (χ4v) is 4.95. The molecule has 1 aliphatic heterocycles. The minimum atomic E-state index is -0.0417. The lowest BCUT2D eigenvalue weighted by molar-refractivity contribution is 0.0974. The molecule has 1 unspecified atom stereocenters. The number of nitrogens with zero attached hydrogens (tertiary/aromatic N) is 2. The maximum Gasteiger partial charge on any atom is 0.184 e. The van der Waals surface area contributed by atoms with E-state index in [-0.39, 0.29) is 16.6 Å². The highest BCUT2D eigenvalue weighted by Crippen LogP contribution is 2.31. The van der Waals surface area contributed by atoms with E-state index in [0.29, 0.717) is 23.4 Å². The van der Waals surface area contributed by atoms with Crippen LogP contribution in [0.5, 0.6) is 0 Å². The van der Waals surface area contributed by atoms with Crippen molar-refractivity contribution in [2.24, 2.45) is 5.92 Å². The largest absolute Gasteiger partial charge is 0.355 e. The molecule has 5 nitrogen and oxygen atoms in total. The molecule has 0 saturated heterocycles. The minimum Gasteiger partial charge on any atom is -0.355 e. The van der Waals surface area contributed by atoms with Crippen LogP contribution in [0.3, 0.4) is 0 Å². The number of carbonyl (C=O) groups excluding carboxylic acids is 1. The monoisotopic (exact) mass is 498 g/mol. The lowest BCUT2D eigenvalue weighted by atomic mass is 10.0. The van der Waals surface area contributed by atoms with Crippen LogP contribution >= 0.6 is 23.2 Å². The van der Waals surface area contributed by atoms with Crippen molar-refractivity contribution in [3.63, 3.8) is 0 Å². The fourth-order valence-electron chi connectivity index (χ4n) is 4.47. The lowest BCUT2D eigenvalue weighted by Gasteiger charge is -2.23. The highest BCUT2D eigenvalue weighted by molar-refractivity contribution is 6.32. The van der Waals surface area contributed by atoms with E-state index in [1.54, 1.807) is 0 Å². The molecule has 34 heavy (non-hydrogen) atoms. The molecule has 2 aliphatic rings. The highest BCUT2D eigenvalue weighted by Gasteiger charge is 2.24. The van der Waals surface area contributed by atoms with Gasteiger partial charge in [0.25, 0.3) is 0 Å². The zero-order valence-electron chi connectivity index (χ0n) is 19.7. The maximum absolute atomic E-state index is 12.6. The number of rotatable bonds is 12. The number of Topliss-reactive ketones (excluding diaryl/α,β-unsaturated/α-hetero) is 1. The van der Waals surface area contributed by atoms with E-state index in [9.17, 15) is 4.79 Å². The summed E-state index contributed by atoms with van der Waals surface area (Å²) in [5.74, 6) is 0.338. The molecule has 0 spiro atoms. The number of nitrogens with one attached hydrogen (secondary N) is 2. The van der Waals surface area contributed by atoms with Crippen LogP contribution in [0, 0.1) is 5.92 Å². The van der Waals surface area contributed by atoms with Crippen LogP contribution in [0.4, 0.5) is 0 Å². The summed E-state index contributed by atoms with van der Waals surface area (Å²) in [6, 6.07) is 7.45. The molecule has 2 aromatic rings. The van der Waals surface area contributed by atoms with Crippen molar-refractivity contribution in [3.8, 4) is 0 Å². The number of ketones is 1. The number of hydrogen-bond acceptors (Lipinski definition) is 5. The van der Waals surface area contributed by atoms with Crippen molar-refractivity contribution in [2.75, 3.05) is 0 Å². The number of hydrogen-bond donors (Lipinski definition) is 2. The third kappa shape index (κ3) is 6.19. The van der Waals surface area contributed by atoms with Crippen molar-refractivity contribution in [3.05, 3.63) is 69.5 Å². The molecule has 7 heteroatoms. The number of para-hydroxylation sites is 2. The van der Waals surface area contributed by atoms with Gasteiger partial charge in [0.05, 0.1) is 28.1 Å². The number of benzene rings is 1. The first kappa shape index (κ1) is 24.7. The second-order valence-electron chi connectivity index (χ2n) is 9.05. The van der Waals surface area contributed by atoms with Gasteiger partial charge in [0.1, 0.15) is 10.9 Å². The lowest BCUT2D eigenvalue weighted by Crippen LogP contribution is -2.29. The Morgan fingerprint density at radius 3 is 2.38 bits per heavy atom. The maximum atomic E-state index is 12.6. The Hall–Kier alpha value is -2.37. The van der Waals surface area contributed by atoms with Gasteiger partial charge in [-0.1, -0.05) is 86.5 Å². The van der Waals surface area contributed by atoms with Crippen molar-refractivity contribution in [1.82, 2.24) is 20.6 Å². The molecule has 0 amide bonds. The Balaban J connectivity index is 1.20. The second kappa shape index (κ2) is 11.9. The van der Waals surface area contributed by atoms with Gasteiger partial charge in [-0.25, -0.2) is 9.97 Å². The zero-order chi connectivity index (χ0) is 23.9. The number of fused-ring (bicyclic) bond motifs is 2. The van der Waals surface area contributed by atoms with E-state index >= 15 is 0 Å². The summed E-state index contributed by atoms with van der Waals surface area (Å²) in [6.45, 7) is 2.22. The SMILES string of the molecule is CCCCCCC1=C(Cl)NC2=CC(CCCCCC(=O)c3nc4ccccc4nc3Cl)C=C2N1. The van der Waals surface area contributed by atoms with Gasteiger partial charge in [0.15, 0.2) is 10.9 Å². The Labute approximate surface area is 211 Å². The van der Waals surface area contributed by atoms with Gasteiger partial charge in [-0.05, 0) is 43.7 Å². The van der Waals surface area contributed by atoms with Gasteiger partial charge in [-0.2, -0.15) is 0 Å². The van der Waals surface area contributed by atoms with Gasteiger partial charge in [-0.3, -0.25) is 4.79 Å². The van der Waals surface area contributed by atoms with E-state index in [4.69, 9.17) is 23.2 Å². The first-order valence-electron chi connectivity index (χ1n) is 12.4. The third-order valence-corrected chi connectivity index (χ3v) is 6.95. The standard InChI is InChI=1S/C27H32Cl2N4O/c1-2-3-4-7-14-21-26(28)33-23-17-18(16-22(23)30-21)11-6-5-8-15-24(34)25-27(29)32-20-13-10-9-12-19(20)31-25/h9-10,12-13,16-18,30,33H,2-8,11,14-15H2,1H3. The molecule has 0 fully saturated rings. The summed E-state index contributed by atoms with van der Waals surface area (Å²) in [4.78, 5) is 21.4. The molecule has 180 valence electrons. The van der Waals surface area contributed by atoms with Crippen molar-refractivity contribution in [1.29, 1.82) is 0 Å². The van der Waals surface area contributed by atoms with Gasteiger partial charge in [-0.15, -0.1) is 0 Å². The van der Waals surface area contributed by atoms with Crippen LogP contribution in [0.25, 0.3) is 11.0 Å². The molecule has 0 radical (unpaired) electrons. The van der Waals surface area contributed by atoms with Gasteiger partial charge >= 0.3 is 0 Å². The summed E-state index contributed by atoms with van der Waals surface area (Å²) >= 11 is 12.7. The molecule has 1 atom stereocenters. The molecule has 2 heterocycles. The van der Waals surface area contributed by atoms with Gasteiger partial charge in [0, 0.05) is 6.42 Å². The Bertz CT molecular complexity index is 1140. The van der Waals surface area contributed by atoms with Crippen LogP contribution in [0.1, 0.15) is 81.6 Å². The predicted molar refractivity (Wildman–Crippen MR) is 140 cm³/mol. The number of unbranched alkanes of at least 4 members (excludes halogenated alkanes) is 5. The summed E-state index contributed by atoms with van der Waals surface area (Å²) in [7, 11) is 0. The van der Waals surface area contributed by atoms with E-state index in [1.165, 1.54) is 19.3 Å². The molecule has 4 rings (SSSR count). The predicted octanol–water partition coefficient (Wildman–Crippen LogP) is 7.39. The average Bonchev–Trinajstić information content (AvgIpc) is 3.22. The molecule has 1 aromatic carbocycles. The topological polar surface area (TPSA) is 66.9 Å². The third-order valence-electron chi connectivity index (χ3n) is 6.36. The van der Waals surface area contributed by atoms with Gasteiger partial charge in [0.2, 0.25) is 0 Å². The van der Waals surface area contributed by atoms with Crippen molar-refractivity contribution in [2.45, 2.75) is 71.1 Å². The van der Waals surface area contributed by atoms with Crippen LogP contribution in [0.2, 0.25) is 5.15 Å². The smallest absolute Gasteiger partial charge is 0.184 e. The molecule has 0 bridgehead atoms. The van der Waals surface area contributed by atoms with E-state index in [0.717, 1.165) is 60.8 Å². The van der Waals surface area contributed by atoms with Crippen LogP contribution in [-0.4, -0.2) is 15.8 Å². The summed E-state index contributed by atoms with van der Waals surface area (Å²) < 4.78 is 0. The van der Waals surface area contributed by atoms with Crippen LogP contribution in [-0.2, 0) is 0 Å². The molecule has 1 aromatic heterocycles. The number of halogens is 2. The Morgan fingerprint density at radius 2 is 1.62 bits per heavy atom. The second-order valence-corrected chi connectivity index (χ2v) is 9.79. The van der Waals surface area contributed by atoms with Crippen LogP contribution < -0.4 is 10.6 Å². The van der Waals surface area contributed by atoms with E-state index in [2.05, 4.69) is 39.7 Å². The molecule has 0 saturated carbocycles. The molecule has 1 aliphatic carbocycles. The molecule has 2 N–H and O–H groups in total. The highest BCUT2D eigenvalue weighted by atomic mass is 35.5. The quantitative estimate of drug-likeness (QED) is 0.181. The molecular weight excluding hydrogens is 467 g/mol. The fraction of sp³-hybridized carbons (Fsp3) is 0.444. The number of carbonyl (C=O) groups is 1. The number of allylic oxidation sites excluding steroid dienone is 3. The van der Waals surface area contributed by atoms with Crippen molar-refractivity contribution >= 4 is 40.0 Å². The first-order valence-corrected chi connectivity index (χ1v) is 13.1. The summed E-state index contributed by atoms with van der Waals surface area (Å²) in [5, 5.41) is 7.79. The summed E-state index contributed by atoms with van der Waals surface area (Å²) in [5.41, 5.74) is 4.98. The first-order chi connectivity index (χ1) is 16.5. The van der Waals surface area contributed by atoms with Crippen LogP contribution in [0.15, 0.2) is 58.7 Å². The zero-order valence-corrected chi connectivity index (χ0v) is 21.2. The Morgan fingerprint density at radius 1 is 0.912 bits per heavy atom.